The number of carbonyl (C=O) groups is 1. The minimum Gasteiger partial charge on any atom is -0.391 e. The van der Waals surface area contributed by atoms with Gasteiger partial charge in [-0.1, -0.05) is 58.5 Å². The number of hydrogen-bond acceptors (Lipinski definition) is 25. The standard InChI is InChI=1S/C14H20Cl2N2.C14H21ClN2.C13H22N4O.C12H19ClN4.C11H21N3.C10H23N3O2S.C10H20N2O2.C9H20N2O2S/c1-14(2,3)18-9-7-17(8-10-18)12-6-4-5-11(15)13(12)16;1-14(2,3)17-9-7-16(8-10-17)13-6-4-5-12(15)11-13;1-13(2,3)17-6-4-16(5-7-17)12-11(9-18)8-14-10-15-12;1-12(2,3)17-6-4-16(5-7-17)11-9-14-8-10(13)15-11;1-11(2,3)14-9-7-13(8-10-14)6-4-5-12;1-10(2,3)12-6-8-13(9-7-12)16(14,15)11(4)5;1-10(2,3)12-6-4-11(5-7-12)9(14)8-13;1-9(2,3)10-5-7-11(8-6-10)14(4,12)13/h4-6H,7-10H2,1-3H3;4-6,11H,7-10H2,1-3H3;8,10,18H,4-7,9H2,1-3H3;8-9H,4-7H2,1-3H3;4,6-10H2,1-3H3;6-9H2,1-5H3;13H,4-8H2,1-3H3;5-8H2,1-4H3. The molecular weight excluding hydrogens is 1740 g/mol. The first kappa shape index (κ1) is 114. The van der Waals surface area contributed by atoms with E-state index >= 15 is 0 Å². The van der Waals surface area contributed by atoms with Crippen LogP contribution in [0.5, 0.6) is 0 Å². The number of halogens is 4. The van der Waals surface area contributed by atoms with E-state index in [2.05, 4.69) is 262 Å². The van der Waals surface area contributed by atoms with Gasteiger partial charge in [0.2, 0.25) is 15.9 Å². The van der Waals surface area contributed by atoms with Crippen LogP contribution in [-0.2, 0) is 31.6 Å². The van der Waals surface area contributed by atoms with E-state index < -0.39 is 20.2 Å². The van der Waals surface area contributed by atoms with Crippen LogP contribution in [-0.4, -0.2) is 402 Å². The predicted molar refractivity (Wildman–Crippen MR) is 533 cm³/mol. The number of nitrogens with zero attached hydrogens (tertiary/aromatic N) is 22. The molecule has 12 rings (SSSR count). The SMILES string of the molecule is CC(C)(C)N1CCN(C(=O)CO)CC1.CC(C)(C)N1CCN(CCC#N)CC1.CC(C)(C)N1CCN(S(C)(=O)=O)CC1.CC(C)(C)N1CCN(c2cccc(Cl)c2)CC1.CC(C)(C)N1CCN(c2cccc(Cl)c2Cl)CC1.CC(C)(C)N1CCN(c2cncc(Cl)n2)CC1.CC(C)(C)N1CCN(c2ncncc2CO)CC1.CN(C)S(=O)(=O)N1CCN(C(C)(C)C)CC1. The summed E-state index contributed by atoms with van der Waals surface area (Å²) in [5, 5.41) is 29.1. The van der Waals surface area contributed by atoms with Gasteiger partial charge in [0, 0.05) is 303 Å². The Labute approximate surface area is 794 Å². The highest BCUT2D eigenvalue weighted by Gasteiger charge is 2.36. The van der Waals surface area contributed by atoms with Crippen LogP contribution < -0.4 is 19.6 Å². The smallest absolute Gasteiger partial charge is 0.281 e. The zero-order valence-electron chi connectivity index (χ0n) is 83.4. The maximum absolute atomic E-state index is 11.9. The number of aliphatic hydroxyl groups is 2. The third-order valence-corrected chi connectivity index (χ3v) is 29.2. The molecule has 0 radical (unpaired) electrons. The van der Waals surface area contributed by atoms with Crippen LogP contribution in [0, 0.1) is 11.3 Å². The number of sulfonamides is 1. The molecule has 730 valence electrons. The summed E-state index contributed by atoms with van der Waals surface area (Å²) >= 11 is 24.2. The van der Waals surface area contributed by atoms with Crippen molar-refractivity contribution in [1.29, 1.82) is 5.26 Å². The third-order valence-electron chi connectivity index (χ3n) is 24.7. The number of benzene rings is 2. The van der Waals surface area contributed by atoms with Gasteiger partial charge in [0.25, 0.3) is 10.2 Å². The minimum absolute atomic E-state index is 0.00431. The highest BCUT2D eigenvalue weighted by Crippen LogP contribution is 2.35. The molecule has 0 aliphatic carbocycles. The summed E-state index contributed by atoms with van der Waals surface area (Å²) in [4.78, 5) is 60.6. The molecule has 2 aromatic heterocycles. The lowest BCUT2D eigenvalue weighted by Crippen LogP contribution is -2.56. The summed E-state index contributed by atoms with van der Waals surface area (Å²) in [6, 6.07) is 16.2. The van der Waals surface area contributed by atoms with Crippen molar-refractivity contribution in [3.8, 4) is 6.07 Å². The first-order chi connectivity index (χ1) is 59.2. The molecule has 0 unspecified atom stereocenters. The van der Waals surface area contributed by atoms with Crippen LogP contribution in [0.4, 0.5) is 23.0 Å². The molecule has 0 saturated carbocycles. The third kappa shape index (κ3) is 38.2. The molecule has 4 aromatic rings. The minimum atomic E-state index is -3.23. The Morgan fingerprint density at radius 2 is 0.812 bits per heavy atom. The van der Waals surface area contributed by atoms with E-state index in [0.717, 1.165) is 218 Å². The van der Waals surface area contributed by atoms with Crippen LogP contribution in [0.2, 0.25) is 20.2 Å². The Balaban J connectivity index is 0.000000260. The number of amides is 1. The Morgan fingerprint density at radius 1 is 0.445 bits per heavy atom. The molecule has 0 spiro atoms. The monoisotopic (exact) mass is 1910 g/mol. The number of rotatable bonds is 11. The molecule has 2 aromatic carbocycles. The summed E-state index contributed by atoms with van der Waals surface area (Å²) in [7, 11) is -3.07. The Bertz CT molecular complexity index is 4120. The molecule has 29 nitrogen and oxygen atoms in total. The van der Waals surface area contributed by atoms with Crippen LogP contribution in [0.25, 0.3) is 0 Å². The van der Waals surface area contributed by atoms with Crippen molar-refractivity contribution in [1.82, 2.24) is 81.9 Å². The van der Waals surface area contributed by atoms with Crippen molar-refractivity contribution in [3.63, 3.8) is 0 Å². The van der Waals surface area contributed by atoms with Crippen molar-refractivity contribution in [2.45, 2.75) is 224 Å². The molecule has 1 amide bonds. The fourth-order valence-electron chi connectivity index (χ4n) is 16.2. The second-order valence-corrected chi connectivity index (χ2v) is 47.9. The van der Waals surface area contributed by atoms with Gasteiger partial charge in [0.15, 0.2) is 0 Å². The van der Waals surface area contributed by atoms with E-state index in [1.807, 2.05) is 36.4 Å². The lowest BCUT2D eigenvalue weighted by Gasteiger charge is -2.43. The van der Waals surface area contributed by atoms with E-state index in [0.29, 0.717) is 53.3 Å². The normalized spacial score (nSPS) is 19.6. The van der Waals surface area contributed by atoms with E-state index in [1.54, 1.807) is 52.5 Å². The fraction of sp³-hybridized carbons (Fsp3) is 0.763. The van der Waals surface area contributed by atoms with Crippen LogP contribution >= 0.6 is 46.4 Å². The van der Waals surface area contributed by atoms with Gasteiger partial charge >= 0.3 is 0 Å². The van der Waals surface area contributed by atoms with Gasteiger partial charge in [-0.05, 0) is 197 Å². The molecule has 0 bridgehead atoms. The van der Waals surface area contributed by atoms with Crippen molar-refractivity contribution in [3.05, 3.63) is 93.2 Å². The maximum atomic E-state index is 11.9. The first-order valence-corrected chi connectivity index (χ1v) is 50.6. The molecule has 35 heteroatoms. The van der Waals surface area contributed by atoms with E-state index in [9.17, 15) is 26.7 Å². The lowest BCUT2D eigenvalue weighted by molar-refractivity contribution is -0.136. The summed E-state index contributed by atoms with van der Waals surface area (Å²) in [6.45, 7) is 83.9. The van der Waals surface area contributed by atoms with Gasteiger partial charge in [0.05, 0.1) is 47.1 Å². The van der Waals surface area contributed by atoms with E-state index in [4.69, 9.17) is 56.8 Å². The largest absolute Gasteiger partial charge is 0.391 e. The van der Waals surface area contributed by atoms with Crippen molar-refractivity contribution < 1.29 is 31.8 Å². The molecule has 8 fully saturated rings. The van der Waals surface area contributed by atoms with Gasteiger partial charge < -0.3 is 34.7 Å². The van der Waals surface area contributed by atoms with Gasteiger partial charge in [-0.3, -0.25) is 53.9 Å². The number of aromatic nitrogens is 4. The number of anilines is 4. The van der Waals surface area contributed by atoms with Gasteiger partial charge in [-0.2, -0.15) is 26.6 Å². The van der Waals surface area contributed by atoms with Crippen molar-refractivity contribution in [2.24, 2.45) is 0 Å². The van der Waals surface area contributed by atoms with Crippen molar-refractivity contribution in [2.75, 3.05) is 263 Å². The molecular formula is C93H166Cl4N22O7S2. The summed E-state index contributed by atoms with van der Waals surface area (Å²) in [6.07, 6.45) is 8.52. The Kier molecular flexibility index (Phi) is 45.1. The quantitative estimate of drug-likeness (QED) is 0.141. The summed E-state index contributed by atoms with van der Waals surface area (Å²) < 4.78 is 50.6. The molecule has 0 atom stereocenters. The zero-order chi connectivity index (χ0) is 96.4. The average Bonchev–Trinajstić information content (AvgIpc) is 0.849. The Hall–Kier alpha value is -4.74. The molecule has 8 aliphatic heterocycles. The predicted octanol–water partition coefficient (Wildman–Crippen LogP) is 11.9. The van der Waals surface area contributed by atoms with Gasteiger partial charge in [-0.15, -0.1) is 0 Å². The molecule has 128 heavy (non-hydrogen) atoms. The van der Waals surface area contributed by atoms with Crippen LogP contribution in [0.1, 0.15) is 178 Å². The number of hydrogen-bond donors (Lipinski definition) is 2. The van der Waals surface area contributed by atoms with E-state index in [1.165, 1.54) is 16.2 Å². The van der Waals surface area contributed by atoms with E-state index in [-0.39, 0.29) is 57.9 Å². The zero-order valence-corrected chi connectivity index (χ0v) is 88.1. The highest BCUT2D eigenvalue weighted by molar-refractivity contribution is 7.88. The van der Waals surface area contributed by atoms with Crippen molar-refractivity contribution >= 4 is 95.6 Å². The number of nitriles is 1. The number of aliphatic hydroxyl groups excluding tert-OH is 2. The molecule has 10 heterocycles. The first-order valence-electron chi connectivity index (χ1n) is 45.9. The average molecular weight is 1910 g/mol. The lowest BCUT2D eigenvalue weighted by atomic mass is 10.0. The molecule has 8 saturated heterocycles. The van der Waals surface area contributed by atoms with Gasteiger partial charge in [-0.25, -0.2) is 23.4 Å². The Morgan fingerprint density at radius 3 is 1.18 bits per heavy atom. The van der Waals surface area contributed by atoms with Crippen LogP contribution in [0.15, 0.2) is 67.4 Å². The topological polar surface area (TPSA) is 256 Å². The number of piperazine rings is 8. The molecule has 8 aliphatic rings. The maximum Gasteiger partial charge on any atom is 0.281 e. The van der Waals surface area contributed by atoms with Gasteiger partial charge in [0.1, 0.15) is 29.7 Å². The summed E-state index contributed by atoms with van der Waals surface area (Å²) in [5.74, 6) is 1.60. The fourth-order valence-corrected chi connectivity index (χ4v) is 18.8. The molecule has 2 N–H and O–H groups in total. The highest BCUT2D eigenvalue weighted by atomic mass is 35.5. The van der Waals surface area contributed by atoms with Crippen LogP contribution in [0.3, 0.4) is 0 Å². The second-order valence-electron chi connectivity index (χ2n) is 42.1. The number of carbonyl (C=O) groups excluding carboxylic acids is 1. The second kappa shape index (κ2) is 50.7. The summed E-state index contributed by atoms with van der Waals surface area (Å²) in [5.41, 5.74) is 4.81.